The SMILES string of the molecule is COCC(C)NC(=O)c1ncccc1N. The van der Waals surface area contributed by atoms with E-state index >= 15 is 0 Å². The molecule has 1 atom stereocenters. The molecule has 5 heteroatoms. The number of carbonyl (C=O) groups is 1. The third-order valence-electron chi connectivity index (χ3n) is 1.85. The second kappa shape index (κ2) is 5.31. The van der Waals surface area contributed by atoms with E-state index < -0.39 is 0 Å². The Morgan fingerprint density at radius 3 is 3.07 bits per heavy atom. The number of pyridine rings is 1. The van der Waals surface area contributed by atoms with Crippen LogP contribution >= 0.6 is 0 Å². The summed E-state index contributed by atoms with van der Waals surface area (Å²) < 4.78 is 4.90. The molecule has 0 aromatic carbocycles. The molecule has 82 valence electrons. The Bertz CT molecular complexity index is 341. The van der Waals surface area contributed by atoms with Crippen molar-refractivity contribution in [2.45, 2.75) is 13.0 Å². The number of nitrogens with one attached hydrogen (secondary N) is 1. The van der Waals surface area contributed by atoms with Crippen LogP contribution in [0.3, 0.4) is 0 Å². The highest BCUT2D eigenvalue weighted by molar-refractivity contribution is 5.97. The summed E-state index contributed by atoms with van der Waals surface area (Å²) in [5, 5.41) is 2.73. The van der Waals surface area contributed by atoms with Crippen LogP contribution < -0.4 is 11.1 Å². The number of nitrogens with two attached hydrogens (primary N) is 1. The highest BCUT2D eigenvalue weighted by Crippen LogP contribution is 2.06. The van der Waals surface area contributed by atoms with Gasteiger partial charge in [-0.1, -0.05) is 0 Å². The van der Waals surface area contributed by atoms with E-state index in [0.29, 0.717) is 12.3 Å². The number of ether oxygens (including phenoxy) is 1. The van der Waals surface area contributed by atoms with Gasteiger partial charge >= 0.3 is 0 Å². The van der Waals surface area contributed by atoms with Crippen LogP contribution in [0.25, 0.3) is 0 Å². The number of nitrogen functional groups attached to an aromatic ring is 1. The third kappa shape index (κ3) is 3.21. The van der Waals surface area contributed by atoms with E-state index in [-0.39, 0.29) is 17.6 Å². The molecule has 0 aliphatic rings. The molecule has 5 nitrogen and oxygen atoms in total. The van der Waals surface area contributed by atoms with Gasteiger partial charge in [0.25, 0.3) is 5.91 Å². The Hall–Kier alpha value is -1.62. The first-order chi connectivity index (χ1) is 7.15. The molecule has 1 aromatic rings. The van der Waals surface area contributed by atoms with Gasteiger partial charge in [-0.3, -0.25) is 4.79 Å². The van der Waals surface area contributed by atoms with Crippen LogP contribution in [-0.2, 0) is 4.74 Å². The number of hydrogen-bond donors (Lipinski definition) is 2. The van der Waals surface area contributed by atoms with Gasteiger partial charge in [0.15, 0.2) is 5.69 Å². The van der Waals surface area contributed by atoms with Gasteiger partial charge in [-0.25, -0.2) is 4.98 Å². The predicted octanol–water partition coefficient (Wildman–Crippen LogP) is 0.428. The van der Waals surface area contributed by atoms with E-state index in [1.54, 1.807) is 19.2 Å². The molecule has 3 N–H and O–H groups in total. The van der Waals surface area contributed by atoms with Crippen molar-refractivity contribution in [3.05, 3.63) is 24.0 Å². The van der Waals surface area contributed by atoms with Gasteiger partial charge in [0.2, 0.25) is 0 Å². The van der Waals surface area contributed by atoms with E-state index in [9.17, 15) is 4.79 Å². The molecule has 0 saturated carbocycles. The summed E-state index contributed by atoms with van der Waals surface area (Å²) in [6.07, 6.45) is 1.53. The topological polar surface area (TPSA) is 77.2 Å². The quantitative estimate of drug-likeness (QED) is 0.753. The van der Waals surface area contributed by atoms with Crippen molar-refractivity contribution >= 4 is 11.6 Å². The van der Waals surface area contributed by atoms with Crippen LogP contribution in [0.1, 0.15) is 17.4 Å². The van der Waals surface area contributed by atoms with E-state index in [4.69, 9.17) is 10.5 Å². The summed E-state index contributed by atoms with van der Waals surface area (Å²) >= 11 is 0. The summed E-state index contributed by atoms with van der Waals surface area (Å²) in [6.45, 7) is 2.30. The lowest BCUT2D eigenvalue weighted by Gasteiger charge is -2.12. The minimum atomic E-state index is -0.280. The van der Waals surface area contributed by atoms with Crippen LogP contribution in [0, 0.1) is 0 Å². The maximum absolute atomic E-state index is 11.6. The fourth-order valence-electron chi connectivity index (χ4n) is 1.19. The number of carbonyl (C=O) groups excluding carboxylic acids is 1. The lowest BCUT2D eigenvalue weighted by Crippen LogP contribution is -2.36. The lowest BCUT2D eigenvalue weighted by atomic mass is 10.2. The Balaban J connectivity index is 2.65. The van der Waals surface area contributed by atoms with Gasteiger partial charge in [-0.15, -0.1) is 0 Å². The van der Waals surface area contributed by atoms with Gasteiger partial charge < -0.3 is 15.8 Å². The predicted molar refractivity (Wildman–Crippen MR) is 57.5 cm³/mol. The fourth-order valence-corrected chi connectivity index (χ4v) is 1.19. The number of methoxy groups -OCH3 is 1. The van der Waals surface area contributed by atoms with E-state index in [2.05, 4.69) is 10.3 Å². The van der Waals surface area contributed by atoms with Gasteiger partial charge in [0.05, 0.1) is 12.3 Å². The van der Waals surface area contributed by atoms with Gasteiger partial charge in [0, 0.05) is 19.3 Å². The molecular weight excluding hydrogens is 194 g/mol. The van der Waals surface area contributed by atoms with Crippen LogP contribution in [0.4, 0.5) is 5.69 Å². The highest BCUT2D eigenvalue weighted by atomic mass is 16.5. The molecule has 0 bridgehead atoms. The van der Waals surface area contributed by atoms with Crippen molar-refractivity contribution in [1.29, 1.82) is 0 Å². The normalized spacial score (nSPS) is 12.1. The first-order valence-corrected chi connectivity index (χ1v) is 4.65. The van der Waals surface area contributed by atoms with Crippen LogP contribution in [-0.4, -0.2) is 30.6 Å². The minimum absolute atomic E-state index is 0.0658. The molecule has 0 fully saturated rings. The fraction of sp³-hybridized carbons (Fsp3) is 0.400. The molecule has 0 aliphatic carbocycles. The summed E-state index contributed by atoms with van der Waals surface area (Å²) in [5.41, 5.74) is 6.24. The molecule has 0 radical (unpaired) electrons. The Morgan fingerprint density at radius 2 is 2.47 bits per heavy atom. The second-order valence-electron chi connectivity index (χ2n) is 3.27. The molecule has 0 spiro atoms. The molecule has 0 saturated heterocycles. The standard InChI is InChI=1S/C10H15N3O2/c1-7(6-15-2)13-10(14)9-8(11)4-3-5-12-9/h3-5,7H,6,11H2,1-2H3,(H,13,14). The molecule has 15 heavy (non-hydrogen) atoms. The number of nitrogens with zero attached hydrogens (tertiary/aromatic N) is 1. The van der Waals surface area contributed by atoms with E-state index in [0.717, 1.165) is 0 Å². The molecule has 1 amide bonds. The first-order valence-electron chi connectivity index (χ1n) is 4.65. The maximum atomic E-state index is 11.6. The van der Waals surface area contributed by atoms with E-state index in [1.165, 1.54) is 6.20 Å². The second-order valence-corrected chi connectivity index (χ2v) is 3.27. The highest BCUT2D eigenvalue weighted by Gasteiger charge is 2.12. The zero-order valence-corrected chi connectivity index (χ0v) is 8.86. The van der Waals surface area contributed by atoms with Gasteiger partial charge in [-0.2, -0.15) is 0 Å². The van der Waals surface area contributed by atoms with Crippen molar-refractivity contribution in [3.63, 3.8) is 0 Å². The number of rotatable bonds is 4. The summed E-state index contributed by atoms with van der Waals surface area (Å²) in [4.78, 5) is 15.6. The largest absolute Gasteiger partial charge is 0.397 e. The molecule has 0 aliphatic heterocycles. The monoisotopic (exact) mass is 209 g/mol. The number of amides is 1. The van der Waals surface area contributed by atoms with Crippen LogP contribution in [0.15, 0.2) is 18.3 Å². The summed E-state index contributed by atoms with van der Waals surface area (Å²) in [7, 11) is 1.58. The summed E-state index contributed by atoms with van der Waals surface area (Å²) in [6, 6.07) is 3.26. The minimum Gasteiger partial charge on any atom is -0.397 e. The smallest absolute Gasteiger partial charge is 0.272 e. The zero-order chi connectivity index (χ0) is 11.3. The Kier molecular flexibility index (Phi) is 4.05. The van der Waals surface area contributed by atoms with Crippen LogP contribution in [0.2, 0.25) is 0 Å². The van der Waals surface area contributed by atoms with E-state index in [1.807, 2.05) is 6.92 Å². The van der Waals surface area contributed by atoms with Crippen molar-refractivity contribution < 1.29 is 9.53 Å². The average Bonchev–Trinajstić information content (AvgIpc) is 2.18. The van der Waals surface area contributed by atoms with Gasteiger partial charge in [-0.05, 0) is 19.1 Å². The lowest BCUT2D eigenvalue weighted by molar-refractivity contribution is 0.0901. The molecule has 1 unspecified atom stereocenters. The van der Waals surface area contributed by atoms with Crippen LogP contribution in [0.5, 0.6) is 0 Å². The van der Waals surface area contributed by atoms with Crippen molar-refractivity contribution in [2.24, 2.45) is 0 Å². The zero-order valence-electron chi connectivity index (χ0n) is 8.86. The molecule has 1 rings (SSSR count). The Morgan fingerprint density at radius 1 is 1.73 bits per heavy atom. The molecule has 1 aromatic heterocycles. The Labute approximate surface area is 88.6 Å². The average molecular weight is 209 g/mol. The first kappa shape index (κ1) is 11.5. The van der Waals surface area contributed by atoms with Gasteiger partial charge in [0.1, 0.15) is 0 Å². The molecular formula is C10H15N3O2. The van der Waals surface area contributed by atoms with Crippen molar-refractivity contribution in [1.82, 2.24) is 10.3 Å². The number of aromatic nitrogens is 1. The van der Waals surface area contributed by atoms with Crippen molar-refractivity contribution in [2.75, 3.05) is 19.5 Å². The molecule has 1 heterocycles. The maximum Gasteiger partial charge on any atom is 0.272 e. The number of anilines is 1. The third-order valence-corrected chi connectivity index (χ3v) is 1.85. The summed E-state index contributed by atoms with van der Waals surface area (Å²) in [5.74, 6) is -0.280. The number of hydrogen-bond acceptors (Lipinski definition) is 4. The van der Waals surface area contributed by atoms with Crippen molar-refractivity contribution in [3.8, 4) is 0 Å².